The molecule has 0 fully saturated rings. The first-order valence-corrected chi connectivity index (χ1v) is 8.73. The lowest BCUT2D eigenvalue weighted by atomic mass is 10.0. The van der Waals surface area contributed by atoms with Crippen molar-refractivity contribution in [3.63, 3.8) is 0 Å². The quantitative estimate of drug-likeness (QED) is 0.714. The van der Waals surface area contributed by atoms with Crippen molar-refractivity contribution < 1.29 is 14.4 Å². The van der Waals surface area contributed by atoms with E-state index in [1.165, 1.54) is 12.5 Å². The zero-order valence-electron chi connectivity index (χ0n) is 15.2. The average Bonchev–Trinajstić information content (AvgIpc) is 2.65. The summed E-state index contributed by atoms with van der Waals surface area (Å²) in [6.45, 7) is 3.90. The van der Waals surface area contributed by atoms with Gasteiger partial charge in [-0.2, -0.15) is 0 Å². The molecule has 2 amide bonds. The van der Waals surface area contributed by atoms with Crippen LogP contribution in [0.1, 0.15) is 48.2 Å². The maximum absolute atomic E-state index is 12.1. The first-order valence-electron chi connectivity index (χ1n) is 8.73. The molecule has 0 unspecified atom stereocenters. The fourth-order valence-electron chi connectivity index (χ4n) is 2.50. The van der Waals surface area contributed by atoms with E-state index in [-0.39, 0.29) is 30.4 Å². The Hall–Kier alpha value is -2.95. The van der Waals surface area contributed by atoms with Gasteiger partial charge < -0.3 is 10.6 Å². The third-order valence-electron chi connectivity index (χ3n) is 4.03. The Labute approximate surface area is 153 Å². The van der Waals surface area contributed by atoms with Gasteiger partial charge in [-0.3, -0.25) is 14.4 Å². The van der Waals surface area contributed by atoms with Gasteiger partial charge in [0.1, 0.15) is 0 Å². The second-order valence-electron chi connectivity index (χ2n) is 6.13. The maximum Gasteiger partial charge on any atom is 0.221 e. The lowest BCUT2D eigenvalue weighted by Gasteiger charge is -2.07. The lowest BCUT2D eigenvalue weighted by molar-refractivity contribution is -0.121. The fraction of sp³-hybridized carbons (Fsp3) is 0.286. The molecule has 0 atom stereocenters. The van der Waals surface area contributed by atoms with Gasteiger partial charge in [-0.15, -0.1) is 0 Å². The number of hydrogen-bond donors (Lipinski definition) is 2. The molecule has 0 aromatic heterocycles. The van der Waals surface area contributed by atoms with Gasteiger partial charge in [0, 0.05) is 37.6 Å². The van der Waals surface area contributed by atoms with Gasteiger partial charge in [-0.25, -0.2) is 0 Å². The summed E-state index contributed by atoms with van der Waals surface area (Å²) in [6, 6.07) is 14.8. The van der Waals surface area contributed by atoms with Gasteiger partial charge in [-0.1, -0.05) is 43.3 Å². The van der Waals surface area contributed by atoms with Crippen LogP contribution < -0.4 is 10.6 Å². The minimum Gasteiger partial charge on any atom is -0.352 e. The zero-order chi connectivity index (χ0) is 18.9. The molecule has 0 radical (unpaired) electrons. The van der Waals surface area contributed by atoms with Crippen molar-refractivity contribution in [3.05, 3.63) is 65.2 Å². The highest BCUT2D eigenvalue weighted by Crippen LogP contribution is 2.10. The van der Waals surface area contributed by atoms with E-state index in [0.717, 1.165) is 12.0 Å². The van der Waals surface area contributed by atoms with Gasteiger partial charge >= 0.3 is 0 Å². The predicted octanol–water partition coefficient (Wildman–Crippen LogP) is 3.49. The molecule has 0 aliphatic carbocycles. The molecule has 2 aromatic carbocycles. The number of anilines is 1. The van der Waals surface area contributed by atoms with E-state index in [4.69, 9.17) is 0 Å². The molecular formula is C21H24N2O3. The summed E-state index contributed by atoms with van der Waals surface area (Å²) in [5, 5.41) is 5.49. The molecule has 0 aliphatic heterocycles. The molecule has 26 heavy (non-hydrogen) atoms. The Morgan fingerprint density at radius 1 is 0.846 bits per heavy atom. The number of ketones is 1. The molecule has 0 bridgehead atoms. The topological polar surface area (TPSA) is 75.3 Å². The van der Waals surface area contributed by atoms with Crippen molar-refractivity contribution in [1.82, 2.24) is 5.32 Å². The summed E-state index contributed by atoms with van der Waals surface area (Å²) >= 11 is 0. The molecule has 5 heteroatoms. The minimum absolute atomic E-state index is 0.0255. The normalized spacial score (nSPS) is 10.2. The minimum atomic E-state index is -0.158. The average molecular weight is 352 g/mol. The molecule has 0 spiro atoms. The van der Waals surface area contributed by atoms with Crippen molar-refractivity contribution in [2.24, 2.45) is 0 Å². The van der Waals surface area contributed by atoms with Crippen LogP contribution in [-0.2, 0) is 22.6 Å². The van der Waals surface area contributed by atoms with E-state index in [1.807, 2.05) is 36.4 Å². The number of carbonyl (C=O) groups excluding carboxylic acids is 3. The zero-order valence-corrected chi connectivity index (χ0v) is 15.2. The summed E-state index contributed by atoms with van der Waals surface area (Å²) in [7, 11) is 0. The van der Waals surface area contributed by atoms with Crippen LogP contribution in [0.15, 0.2) is 48.5 Å². The summed E-state index contributed by atoms with van der Waals surface area (Å²) < 4.78 is 0. The number of aryl methyl sites for hydroxylation is 1. The second-order valence-corrected chi connectivity index (χ2v) is 6.13. The van der Waals surface area contributed by atoms with Crippen LogP contribution in [0, 0.1) is 0 Å². The predicted molar refractivity (Wildman–Crippen MR) is 102 cm³/mol. The maximum atomic E-state index is 12.1. The second kappa shape index (κ2) is 9.51. The highest BCUT2D eigenvalue weighted by atomic mass is 16.2. The molecule has 2 rings (SSSR count). The van der Waals surface area contributed by atoms with Crippen LogP contribution in [0.25, 0.3) is 0 Å². The number of benzene rings is 2. The van der Waals surface area contributed by atoms with Crippen molar-refractivity contribution >= 4 is 23.3 Å². The van der Waals surface area contributed by atoms with E-state index in [1.54, 1.807) is 12.1 Å². The van der Waals surface area contributed by atoms with Crippen LogP contribution in [0.5, 0.6) is 0 Å². The highest BCUT2D eigenvalue weighted by molar-refractivity contribution is 5.98. The Morgan fingerprint density at radius 2 is 1.46 bits per heavy atom. The Bertz CT molecular complexity index is 765. The number of hydrogen-bond acceptors (Lipinski definition) is 3. The molecule has 0 saturated carbocycles. The van der Waals surface area contributed by atoms with Crippen LogP contribution in [0.2, 0.25) is 0 Å². The van der Waals surface area contributed by atoms with Crippen LogP contribution in [0.3, 0.4) is 0 Å². The van der Waals surface area contributed by atoms with E-state index < -0.39 is 0 Å². The van der Waals surface area contributed by atoms with E-state index >= 15 is 0 Å². The van der Waals surface area contributed by atoms with Crippen LogP contribution >= 0.6 is 0 Å². The Morgan fingerprint density at radius 3 is 2.04 bits per heavy atom. The van der Waals surface area contributed by atoms with Gasteiger partial charge in [-0.05, 0) is 29.7 Å². The third kappa shape index (κ3) is 6.16. The summed E-state index contributed by atoms with van der Waals surface area (Å²) in [5.41, 5.74) is 3.47. The van der Waals surface area contributed by atoms with Gasteiger partial charge in [0.05, 0.1) is 0 Å². The molecule has 136 valence electrons. The molecule has 2 N–H and O–H groups in total. The molecule has 5 nitrogen and oxygen atoms in total. The van der Waals surface area contributed by atoms with Crippen molar-refractivity contribution in [2.75, 3.05) is 5.32 Å². The lowest BCUT2D eigenvalue weighted by Crippen LogP contribution is -2.23. The smallest absolute Gasteiger partial charge is 0.221 e. The summed E-state index contributed by atoms with van der Waals surface area (Å²) in [5.74, 6) is -0.308. The van der Waals surface area contributed by atoms with Crippen LogP contribution in [0.4, 0.5) is 5.69 Å². The first kappa shape index (κ1) is 19.4. The van der Waals surface area contributed by atoms with E-state index in [0.29, 0.717) is 17.8 Å². The highest BCUT2D eigenvalue weighted by Gasteiger charge is 2.09. The van der Waals surface area contributed by atoms with Crippen molar-refractivity contribution in [2.45, 2.75) is 39.7 Å². The largest absolute Gasteiger partial charge is 0.352 e. The van der Waals surface area contributed by atoms with Crippen molar-refractivity contribution in [3.8, 4) is 0 Å². The van der Waals surface area contributed by atoms with Crippen LogP contribution in [-0.4, -0.2) is 17.6 Å². The Balaban J connectivity index is 1.75. The number of Topliss-reactive ketones (excluding diaryl/α,β-unsaturated/α-hetero) is 1. The molecule has 0 heterocycles. The monoisotopic (exact) mass is 352 g/mol. The van der Waals surface area contributed by atoms with Gasteiger partial charge in [0.15, 0.2) is 5.78 Å². The van der Waals surface area contributed by atoms with Gasteiger partial charge in [0.25, 0.3) is 0 Å². The standard InChI is InChI=1S/C21H24N2O3/c1-3-16-4-8-18(9-5-16)20(25)12-13-21(26)22-14-17-6-10-19(11-7-17)23-15(2)24/h4-11H,3,12-14H2,1-2H3,(H,22,26)(H,23,24). The van der Waals surface area contributed by atoms with Gasteiger partial charge in [0.2, 0.25) is 11.8 Å². The number of rotatable bonds is 8. The summed E-state index contributed by atoms with van der Waals surface area (Å²) in [4.78, 5) is 35.1. The molecule has 0 saturated heterocycles. The van der Waals surface area contributed by atoms with Crippen molar-refractivity contribution in [1.29, 1.82) is 0 Å². The number of carbonyl (C=O) groups is 3. The molecule has 2 aromatic rings. The van der Waals surface area contributed by atoms with E-state index in [9.17, 15) is 14.4 Å². The van der Waals surface area contributed by atoms with E-state index in [2.05, 4.69) is 17.6 Å². The number of nitrogens with one attached hydrogen (secondary N) is 2. The molecule has 0 aliphatic rings. The molecular weight excluding hydrogens is 328 g/mol. The first-order chi connectivity index (χ1) is 12.5. The Kier molecular flexibility index (Phi) is 7.09. The SMILES string of the molecule is CCc1ccc(C(=O)CCC(=O)NCc2ccc(NC(C)=O)cc2)cc1. The summed E-state index contributed by atoms with van der Waals surface area (Å²) in [6.07, 6.45) is 1.29. The number of amides is 2. The fourth-order valence-corrected chi connectivity index (χ4v) is 2.50. The third-order valence-corrected chi connectivity index (χ3v) is 4.03.